The van der Waals surface area contributed by atoms with Crippen LogP contribution in [0.3, 0.4) is 0 Å². The molecule has 208 valence electrons. The Morgan fingerprint density at radius 3 is 1.29 bits per heavy atom. The minimum absolute atomic E-state index is 0.351. The summed E-state index contributed by atoms with van der Waals surface area (Å²) in [6.45, 7) is 1.68. The summed E-state index contributed by atoms with van der Waals surface area (Å²) in [7, 11) is 0. The van der Waals surface area contributed by atoms with Gasteiger partial charge in [-0.15, -0.1) is 0 Å². The highest BCUT2D eigenvalue weighted by Crippen LogP contribution is 2.47. The highest BCUT2D eigenvalue weighted by Gasteiger charge is 2.32. The van der Waals surface area contributed by atoms with E-state index in [1.54, 1.807) is 0 Å². The van der Waals surface area contributed by atoms with Gasteiger partial charge in [0, 0.05) is 11.1 Å². The fourth-order valence-corrected chi connectivity index (χ4v) is 5.71. The first-order chi connectivity index (χ1) is 20.8. The van der Waals surface area contributed by atoms with Gasteiger partial charge in [0.1, 0.15) is 11.5 Å². The van der Waals surface area contributed by atoms with Gasteiger partial charge in [-0.2, -0.15) is 0 Å². The Morgan fingerprint density at radius 1 is 0.429 bits per heavy atom. The van der Waals surface area contributed by atoms with E-state index >= 15 is 0 Å². The fourth-order valence-electron chi connectivity index (χ4n) is 5.71. The normalized spacial score (nSPS) is 16.1. The second-order valence-electron chi connectivity index (χ2n) is 10.6. The van der Waals surface area contributed by atoms with Crippen LogP contribution in [0, 0.1) is 0 Å². The minimum Gasteiger partial charge on any atom is -0.483 e. The van der Waals surface area contributed by atoms with Gasteiger partial charge in [0.15, 0.2) is 12.2 Å². The maximum Gasteiger partial charge on any atom is 0.161 e. The molecule has 0 amide bonds. The quantitative estimate of drug-likeness (QED) is 0.189. The molecular weight excluding hydrogens is 520 g/mol. The van der Waals surface area contributed by atoms with Crippen LogP contribution in [0.25, 0.3) is 32.7 Å². The van der Waals surface area contributed by atoms with E-state index < -0.39 is 12.2 Å². The molecule has 42 heavy (non-hydrogen) atoms. The molecule has 1 heterocycles. The highest BCUT2D eigenvalue weighted by molar-refractivity contribution is 6.09. The lowest BCUT2D eigenvalue weighted by Gasteiger charge is -2.33. The van der Waals surface area contributed by atoms with Gasteiger partial charge in [0.2, 0.25) is 0 Å². The summed E-state index contributed by atoms with van der Waals surface area (Å²) < 4.78 is 26.2. The van der Waals surface area contributed by atoms with Crippen LogP contribution < -0.4 is 9.47 Å². The molecule has 1 aliphatic rings. The van der Waals surface area contributed by atoms with Crippen molar-refractivity contribution in [2.24, 2.45) is 0 Å². The van der Waals surface area contributed by atoms with E-state index in [0.717, 1.165) is 55.3 Å². The molecule has 0 radical (unpaired) electrons. The van der Waals surface area contributed by atoms with E-state index in [9.17, 15) is 0 Å². The van der Waals surface area contributed by atoms with Gasteiger partial charge in [-0.1, -0.05) is 121 Å². The second kappa shape index (κ2) is 12.1. The molecule has 6 aromatic rings. The SMILES string of the molecule is c1ccc(COC[C@H]2Oc3ccc4ccccc4c3-c3c(ccc4ccccc34)O[C@@H]2COCc2ccccc2)cc1. The molecule has 0 saturated carbocycles. The molecule has 1 aliphatic heterocycles. The maximum absolute atomic E-state index is 6.87. The van der Waals surface area contributed by atoms with Gasteiger partial charge in [-0.3, -0.25) is 0 Å². The summed E-state index contributed by atoms with van der Waals surface area (Å²) in [6.07, 6.45) is -0.798. The van der Waals surface area contributed by atoms with Crippen LogP contribution in [0.4, 0.5) is 0 Å². The molecule has 4 heteroatoms. The van der Waals surface area contributed by atoms with Crippen molar-refractivity contribution in [1.82, 2.24) is 0 Å². The van der Waals surface area contributed by atoms with Gasteiger partial charge in [-0.25, -0.2) is 0 Å². The third-order valence-corrected chi connectivity index (χ3v) is 7.79. The van der Waals surface area contributed by atoms with E-state index in [4.69, 9.17) is 18.9 Å². The first kappa shape index (κ1) is 26.3. The van der Waals surface area contributed by atoms with Crippen LogP contribution in [0.1, 0.15) is 11.1 Å². The van der Waals surface area contributed by atoms with Gasteiger partial charge in [0.25, 0.3) is 0 Å². The lowest BCUT2D eigenvalue weighted by Crippen LogP contribution is -2.44. The first-order valence-corrected chi connectivity index (χ1v) is 14.4. The molecule has 0 saturated heterocycles. The lowest BCUT2D eigenvalue weighted by atomic mass is 9.91. The van der Waals surface area contributed by atoms with Gasteiger partial charge in [-0.05, 0) is 44.8 Å². The van der Waals surface area contributed by atoms with Crippen molar-refractivity contribution in [3.8, 4) is 22.6 Å². The molecule has 4 nitrogen and oxygen atoms in total. The summed E-state index contributed by atoms with van der Waals surface area (Å²) >= 11 is 0. The summed E-state index contributed by atoms with van der Waals surface area (Å²) in [5, 5.41) is 4.55. The summed E-state index contributed by atoms with van der Waals surface area (Å²) in [4.78, 5) is 0. The summed E-state index contributed by atoms with van der Waals surface area (Å²) in [5.74, 6) is 1.63. The van der Waals surface area contributed by atoms with Crippen molar-refractivity contribution in [2.45, 2.75) is 25.4 Å². The number of fused-ring (bicyclic) bond motifs is 7. The monoisotopic (exact) mass is 552 g/mol. The van der Waals surface area contributed by atoms with Gasteiger partial charge in [0.05, 0.1) is 26.4 Å². The molecule has 0 bridgehead atoms. The van der Waals surface area contributed by atoms with Crippen LogP contribution >= 0.6 is 0 Å². The van der Waals surface area contributed by atoms with Crippen LogP contribution in [-0.4, -0.2) is 25.4 Å². The Balaban J connectivity index is 1.29. The maximum atomic E-state index is 6.87. The fraction of sp³-hybridized carbons (Fsp3) is 0.158. The standard InChI is InChI=1S/C38H32O4/c1-3-11-27(12-4-1)23-39-25-35-36(26-40-24-28-13-5-2-6-14-28)42-34-22-20-30-16-8-10-18-32(30)38(34)37-31-17-9-7-15-29(31)19-21-33(37)41-35/h1-22,35-36H,23-26H2/t35-,36-/m1/s1. The second-order valence-corrected chi connectivity index (χ2v) is 10.6. The molecule has 0 N–H and O–H groups in total. The van der Waals surface area contributed by atoms with Crippen molar-refractivity contribution in [3.05, 3.63) is 145 Å². The molecule has 7 rings (SSSR count). The Labute approximate surface area is 246 Å². The minimum atomic E-state index is -0.399. The summed E-state index contributed by atoms with van der Waals surface area (Å²) in [5.41, 5.74) is 4.31. The Hall–Kier alpha value is -4.64. The molecule has 2 atom stereocenters. The molecular formula is C38H32O4. The van der Waals surface area contributed by atoms with Crippen molar-refractivity contribution in [3.63, 3.8) is 0 Å². The van der Waals surface area contributed by atoms with E-state index in [0.29, 0.717) is 26.4 Å². The Bertz CT molecular complexity index is 1660. The van der Waals surface area contributed by atoms with Crippen LogP contribution in [0.15, 0.2) is 133 Å². The lowest BCUT2D eigenvalue weighted by molar-refractivity contribution is -0.0551. The average molecular weight is 553 g/mol. The number of ether oxygens (including phenoxy) is 4. The molecule has 0 unspecified atom stereocenters. The Morgan fingerprint density at radius 2 is 0.833 bits per heavy atom. The zero-order valence-corrected chi connectivity index (χ0v) is 23.3. The molecule has 0 aliphatic carbocycles. The van der Waals surface area contributed by atoms with Crippen molar-refractivity contribution >= 4 is 21.5 Å². The first-order valence-electron chi connectivity index (χ1n) is 14.4. The van der Waals surface area contributed by atoms with Crippen LogP contribution in [-0.2, 0) is 22.7 Å². The topological polar surface area (TPSA) is 36.9 Å². The summed E-state index contributed by atoms with van der Waals surface area (Å²) in [6, 6.07) is 45.7. The third-order valence-electron chi connectivity index (χ3n) is 7.79. The predicted octanol–water partition coefficient (Wildman–Crippen LogP) is 8.60. The van der Waals surface area contributed by atoms with E-state index in [2.05, 4.69) is 97.1 Å². The number of benzene rings is 6. The number of hydrogen-bond acceptors (Lipinski definition) is 4. The molecule has 0 aromatic heterocycles. The smallest absolute Gasteiger partial charge is 0.161 e. The third kappa shape index (κ3) is 5.47. The zero-order chi connectivity index (χ0) is 28.1. The van der Waals surface area contributed by atoms with Crippen LogP contribution in [0.2, 0.25) is 0 Å². The van der Waals surface area contributed by atoms with Crippen molar-refractivity contribution < 1.29 is 18.9 Å². The van der Waals surface area contributed by atoms with Gasteiger partial charge >= 0.3 is 0 Å². The molecule has 0 fully saturated rings. The van der Waals surface area contributed by atoms with Crippen molar-refractivity contribution in [2.75, 3.05) is 13.2 Å². The highest BCUT2D eigenvalue weighted by atomic mass is 16.6. The number of hydrogen-bond donors (Lipinski definition) is 0. The van der Waals surface area contributed by atoms with E-state index in [-0.39, 0.29) is 0 Å². The van der Waals surface area contributed by atoms with Crippen LogP contribution in [0.5, 0.6) is 11.5 Å². The predicted molar refractivity (Wildman–Crippen MR) is 168 cm³/mol. The number of rotatable bonds is 8. The molecule has 0 spiro atoms. The van der Waals surface area contributed by atoms with Crippen molar-refractivity contribution in [1.29, 1.82) is 0 Å². The molecule has 6 aromatic carbocycles. The Kier molecular flexibility index (Phi) is 7.55. The van der Waals surface area contributed by atoms with Gasteiger partial charge < -0.3 is 18.9 Å². The average Bonchev–Trinajstić information content (AvgIpc) is 3.04. The van der Waals surface area contributed by atoms with E-state index in [1.807, 2.05) is 36.4 Å². The zero-order valence-electron chi connectivity index (χ0n) is 23.3. The van der Waals surface area contributed by atoms with E-state index in [1.165, 1.54) is 0 Å². The largest absolute Gasteiger partial charge is 0.483 e.